The second-order valence-corrected chi connectivity index (χ2v) is 7.33. The molecule has 0 spiro atoms. The lowest BCUT2D eigenvalue weighted by molar-refractivity contribution is -0.0280. The van der Waals surface area contributed by atoms with Crippen LogP contribution in [0.25, 0.3) is 11.4 Å². The molecule has 5 heteroatoms. The van der Waals surface area contributed by atoms with Crippen LogP contribution in [0.3, 0.4) is 0 Å². The maximum atomic E-state index is 10.9. The van der Waals surface area contributed by atoms with E-state index < -0.39 is 5.60 Å². The summed E-state index contributed by atoms with van der Waals surface area (Å²) in [7, 11) is 0. The Labute approximate surface area is 159 Å². The second-order valence-electron chi connectivity index (χ2n) is 7.33. The van der Waals surface area contributed by atoms with Gasteiger partial charge in [0.25, 0.3) is 0 Å². The third kappa shape index (κ3) is 4.04. The van der Waals surface area contributed by atoms with Crippen LogP contribution in [0.4, 0.5) is 0 Å². The highest BCUT2D eigenvalue weighted by Gasteiger charge is 2.34. The predicted molar refractivity (Wildman–Crippen MR) is 105 cm³/mol. The van der Waals surface area contributed by atoms with E-state index in [-0.39, 0.29) is 0 Å². The van der Waals surface area contributed by atoms with E-state index in [0.29, 0.717) is 12.8 Å². The molecule has 5 nitrogen and oxygen atoms in total. The Morgan fingerprint density at radius 2 is 1.81 bits per heavy atom. The maximum absolute atomic E-state index is 10.9. The molecular weight excluding hydrogens is 336 g/mol. The number of likely N-dealkylation sites (tertiary alicyclic amines) is 1. The first-order valence-electron chi connectivity index (χ1n) is 9.36. The quantitative estimate of drug-likeness (QED) is 0.773. The van der Waals surface area contributed by atoms with Gasteiger partial charge in [-0.3, -0.25) is 9.88 Å². The van der Waals surface area contributed by atoms with Crippen molar-refractivity contribution < 1.29 is 5.11 Å². The fourth-order valence-corrected chi connectivity index (χ4v) is 3.64. The molecular formula is C22H24N4O. The summed E-state index contributed by atoms with van der Waals surface area (Å²) in [6.45, 7) is 4.55. The third-order valence-electron chi connectivity index (χ3n) is 5.27. The van der Waals surface area contributed by atoms with E-state index in [1.807, 2.05) is 36.7 Å². The van der Waals surface area contributed by atoms with Gasteiger partial charge in [-0.1, -0.05) is 29.8 Å². The van der Waals surface area contributed by atoms with Crippen LogP contribution in [0.1, 0.15) is 29.5 Å². The van der Waals surface area contributed by atoms with Gasteiger partial charge < -0.3 is 5.11 Å². The minimum absolute atomic E-state index is 0.709. The van der Waals surface area contributed by atoms with E-state index in [4.69, 9.17) is 0 Å². The van der Waals surface area contributed by atoms with Crippen molar-refractivity contribution in [3.63, 3.8) is 0 Å². The van der Waals surface area contributed by atoms with Crippen LogP contribution in [0, 0.1) is 6.92 Å². The standard InChI is InChI=1S/C22H24N4O/c1-17-4-2-5-19(12-17)21-24-13-18(14-25-21)16-26-10-7-22(27,8-11-26)20-6-3-9-23-15-20/h2-6,9,12-15,27H,7-8,10-11,16H2,1H3. The van der Waals surface area contributed by atoms with Gasteiger partial charge >= 0.3 is 0 Å². The Balaban J connectivity index is 1.38. The normalized spacial score (nSPS) is 17.0. The molecule has 1 aliphatic heterocycles. The Morgan fingerprint density at radius 3 is 2.48 bits per heavy atom. The first kappa shape index (κ1) is 17.8. The van der Waals surface area contributed by atoms with Crippen molar-refractivity contribution in [3.8, 4) is 11.4 Å². The molecule has 1 N–H and O–H groups in total. The van der Waals surface area contributed by atoms with Crippen molar-refractivity contribution >= 4 is 0 Å². The SMILES string of the molecule is Cc1cccc(-c2ncc(CN3CCC(O)(c4cccnc4)CC3)cn2)c1. The number of rotatable bonds is 4. The summed E-state index contributed by atoms with van der Waals surface area (Å²) in [5.74, 6) is 0.757. The molecule has 4 rings (SSSR count). The first-order chi connectivity index (χ1) is 13.1. The first-order valence-corrected chi connectivity index (χ1v) is 9.36. The Hall–Kier alpha value is -2.63. The summed E-state index contributed by atoms with van der Waals surface area (Å²) >= 11 is 0. The molecule has 1 fully saturated rings. The molecule has 1 saturated heterocycles. The largest absolute Gasteiger partial charge is 0.385 e. The van der Waals surface area contributed by atoms with Gasteiger partial charge in [-0.25, -0.2) is 9.97 Å². The van der Waals surface area contributed by atoms with Crippen LogP contribution in [-0.4, -0.2) is 38.0 Å². The molecule has 0 unspecified atom stereocenters. The highest BCUT2D eigenvalue weighted by atomic mass is 16.3. The van der Waals surface area contributed by atoms with E-state index in [9.17, 15) is 5.11 Å². The van der Waals surface area contributed by atoms with Gasteiger partial charge in [0, 0.05) is 61.1 Å². The Morgan fingerprint density at radius 1 is 1.04 bits per heavy atom. The monoisotopic (exact) mass is 360 g/mol. The zero-order valence-electron chi connectivity index (χ0n) is 15.5. The number of aliphatic hydroxyl groups is 1. The summed E-state index contributed by atoms with van der Waals surface area (Å²) in [4.78, 5) is 15.6. The molecule has 0 amide bonds. The van der Waals surface area contributed by atoms with Gasteiger partial charge in [0.15, 0.2) is 5.82 Å². The van der Waals surface area contributed by atoms with Crippen LogP contribution in [0.15, 0.2) is 61.2 Å². The summed E-state index contributed by atoms with van der Waals surface area (Å²) in [6, 6.07) is 12.1. The number of piperidine rings is 1. The third-order valence-corrected chi connectivity index (χ3v) is 5.27. The molecule has 0 radical (unpaired) electrons. The van der Waals surface area contributed by atoms with Gasteiger partial charge in [-0.05, 0) is 31.9 Å². The number of aryl methyl sites for hydroxylation is 1. The molecule has 138 valence electrons. The van der Waals surface area contributed by atoms with Crippen LogP contribution in [0.5, 0.6) is 0 Å². The number of aromatic nitrogens is 3. The average molecular weight is 360 g/mol. The van der Waals surface area contributed by atoms with Crippen LogP contribution >= 0.6 is 0 Å². The lowest BCUT2D eigenvalue weighted by Crippen LogP contribution is -2.42. The lowest BCUT2D eigenvalue weighted by Gasteiger charge is -2.38. The van der Waals surface area contributed by atoms with Crippen LogP contribution in [0.2, 0.25) is 0 Å². The molecule has 0 atom stereocenters. The number of benzene rings is 1. The van der Waals surface area contributed by atoms with Gasteiger partial charge in [0.2, 0.25) is 0 Å². The topological polar surface area (TPSA) is 62.1 Å². The van der Waals surface area contributed by atoms with E-state index in [1.54, 1.807) is 12.4 Å². The summed E-state index contributed by atoms with van der Waals surface area (Å²) < 4.78 is 0. The highest BCUT2D eigenvalue weighted by Crippen LogP contribution is 2.32. The van der Waals surface area contributed by atoms with E-state index in [1.165, 1.54) is 5.56 Å². The van der Waals surface area contributed by atoms with E-state index in [0.717, 1.165) is 42.1 Å². The predicted octanol–water partition coefficient (Wildman–Crippen LogP) is 3.33. The van der Waals surface area contributed by atoms with Gasteiger partial charge in [-0.15, -0.1) is 0 Å². The van der Waals surface area contributed by atoms with Crippen molar-refractivity contribution in [2.75, 3.05) is 13.1 Å². The minimum atomic E-state index is -0.768. The zero-order chi connectivity index (χ0) is 18.7. The maximum Gasteiger partial charge on any atom is 0.159 e. The van der Waals surface area contributed by atoms with Crippen molar-refractivity contribution in [1.82, 2.24) is 19.9 Å². The fourth-order valence-electron chi connectivity index (χ4n) is 3.64. The van der Waals surface area contributed by atoms with Crippen molar-refractivity contribution in [2.24, 2.45) is 0 Å². The molecule has 0 saturated carbocycles. The van der Waals surface area contributed by atoms with Crippen LogP contribution in [-0.2, 0) is 12.1 Å². The smallest absolute Gasteiger partial charge is 0.159 e. The van der Waals surface area contributed by atoms with Crippen LogP contribution < -0.4 is 0 Å². The van der Waals surface area contributed by atoms with E-state index in [2.05, 4.69) is 38.9 Å². The summed E-state index contributed by atoms with van der Waals surface area (Å²) in [6.07, 6.45) is 8.75. The fraction of sp³-hybridized carbons (Fsp3) is 0.318. The van der Waals surface area contributed by atoms with Gasteiger partial charge in [-0.2, -0.15) is 0 Å². The number of pyridine rings is 1. The number of nitrogens with zero attached hydrogens (tertiary/aromatic N) is 4. The van der Waals surface area contributed by atoms with E-state index >= 15 is 0 Å². The molecule has 0 bridgehead atoms. The average Bonchev–Trinajstić information content (AvgIpc) is 2.71. The molecule has 3 aromatic rings. The summed E-state index contributed by atoms with van der Waals surface area (Å²) in [5.41, 5.74) is 3.49. The van der Waals surface area contributed by atoms with Gasteiger partial charge in [0.1, 0.15) is 0 Å². The molecule has 0 aliphatic carbocycles. The highest BCUT2D eigenvalue weighted by molar-refractivity contribution is 5.55. The minimum Gasteiger partial charge on any atom is -0.385 e. The molecule has 27 heavy (non-hydrogen) atoms. The number of hydrogen-bond donors (Lipinski definition) is 1. The lowest BCUT2D eigenvalue weighted by atomic mass is 9.85. The second kappa shape index (κ2) is 7.55. The molecule has 1 aliphatic rings. The molecule has 1 aromatic carbocycles. The molecule has 2 aromatic heterocycles. The zero-order valence-corrected chi connectivity index (χ0v) is 15.5. The molecule has 3 heterocycles. The van der Waals surface area contributed by atoms with Crippen molar-refractivity contribution in [3.05, 3.63) is 77.9 Å². The summed E-state index contributed by atoms with van der Waals surface area (Å²) in [5, 5.41) is 10.9. The van der Waals surface area contributed by atoms with Crippen molar-refractivity contribution in [2.45, 2.75) is 31.9 Å². The van der Waals surface area contributed by atoms with Crippen molar-refractivity contribution in [1.29, 1.82) is 0 Å². The van der Waals surface area contributed by atoms with Gasteiger partial charge in [0.05, 0.1) is 5.60 Å². The number of hydrogen-bond acceptors (Lipinski definition) is 5. The Kier molecular flexibility index (Phi) is 4.97. The Bertz CT molecular complexity index is 888.